The highest BCUT2D eigenvalue weighted by atomic mass is 28.2. The largest absolute Gasteiger partial charge is 0.461 e. The van der Waals surface area contributed by atoms with Crippen LogP contribution in [0, 0.1) is 20.2 Å². The van der Waals surface area contributed by atoms with E-state index in [0.717, 1.165) is 5.19 Å². The molecule has 9 heteroatoms. The molecule has 0 N–H and O–H groups in total. The average Bonchev–Trinajstić information content (AvgIpc) is 2.79. The molecule has 0 aromatic heterocycles. The molecule has 0 atom stereocenters. The van der Waals surface area contributed by atoms with E-state index in [1.54, 1.807) is 36.4 Å². The van der Waals surface area contributed by atoms with Crippen molar-refractivity contribution in [3.05, 3.63) is 122 Å². The molecule has 0 spiro atoms. The summed E-state index contributed by atoms with van der Waals surface area (Å²) in [5.41, 5.74) is 2.59. The minimum Gasteiger partial charge on any atom is -0.461 e. The third-order valence-electron chi connectivity index (χ3n) is 4.46. The van der Waals surface area contributed by atoms with Crippen molar-refractivity contribution >= 4 is 26.1 Å². The molecule has 3 rings (SSSR count). The second-order valence-electron chi connectivity index (χ2n) is 6.56. The Labute approximate surface area is 180 Å². The van der Waals surface area contributed by atoms with Gasteiger partial charge in [-0.2, -0.15) is 0 Å². The number of nitro benzene ring substituents is 2. The fourth-order valence-corrected chi connectivity index (χ4v) is 4.08. The molecule has 0 radical (unpaired) electrons. The van der Waals surface area contributed by atoms with Gasteiger partial charge in [-0.15, -0.1) is 0 Å². The molecule has 31 heavy (non-hydrogen) atoms. The number of nitro groups is 2. The van der Waals surface area contributed by atoms with Crippen LogP contribution in [-0.4, -0.2) is 19.4 Å². The summed E-state index contributed by atoms with van der Waals surface area (Å²) in [6, 6.07) is 22.5. The number of rotatable bonds is 10. The lowest BCUT2D eigenvalue weighted by Gasteiger charge is -2.13. The van der Waals surface area contributed by atoms with E-state index in [2.05, 4.69) is 0 Å². The monoisotopic (exact) mass is 436 g/mol. The maximum absolute atomic E-state index is 11.2. The first-order valence-electron chi connectivity index (χ1n) is 9.49. The van der Waals surface area contributed by atoms with Gasteiger partial charge in [-0.1, -0.05) is 59.8 Å². The van der Waals surface area contributed by atoms with Crippen molar-refractivity contribution in [1.82, 2.24) is 0 Å². The predicted molar refractivity (Wildman–Crippen MR) is 118 cm³/mol. The van der Waals surface area contributed by atoms with E-state index in [-0.39, 0.29) is 30.5 Å². The molecule has 8 nitrogen and oxygen atoms in total. The summed E-state index contributed by atoms with van der Waals surface area (Å²) >= 11 is 0. The zero-order valence-corrected chi connectivity index (χ0v) is 18.0. The van der Waals surface area contributed by atoms with Gasteiger partial charge in [0.1, 0.15) is 13.2 Å². The van der Waals surface area contributed by atoms with Crippen LogP contribution in [0.3, 0.4) is 0 Å². The molecule has 0 aliphatic heterocycles. The Bertz CT molecular complexity index is 1020. The summed E-state index contributed by atoms with van der Waals surface area (Å²) in [5.74, 6) is 0.201. The van der Waals surface area contributed by atoms with Gasteiger partial charge in [0.15, 0.2) is 0 Å². The molecular formula is C22H20N2O6Si. The molecule has 0 saturated heterocycles. The first-order chi connectivity index (χ1) is 15.0. The van der Waals surface area contributed by atoms with Crippen LogP contribution in [0.15, 0.2) is 90.5 Å². The summed E-state index contributed by atoms with van der Waals surface area (Å²) in [5, 5.41) is 23.6. The summed E-state index contributed by atoms with van der Waals surface area (Å²) in [6.07, 6.45) is 0. The summed E-state index contributed by atoms with van der Waals surface area (Å²) < 4.78 is 11.5. The topological polar surface area (TPSA) is 105 Å². The van der Waals surface area contributed by atoms with Crippen LogP contribution in [0.1, 0.15) is 11.1 Å². The van der Waals surface area contributed by atoms with Crippen molar-refractivity contribution in [2.75, 3.05) is 0 Å². The highest BCUT2D eigenvalue weighted by Gasteiger charge is 2.16. The van der Waals surface area contributed by atoms with Crippen molar-refractivity contribution in [1.29, 1.82) is 0 Å². The molecule has 0 saturated carbocycles. The van der Waals surface area contributed by atoms with Gasteiger partial charge >= 0.3 is 0 Å². The van der Waals surface area contributed by atoms with E-state index in [4.69, 9.17) is 9.47 Å². The first-order valence-corrected chi connectivity index (χ1v) is 11.0. The molecule has 0 unspecified atom stereocenters. The van der Waals surface area contributed by atoms with Crippen LogP contribution in [0.25, 0.3) is 0 Å². The van der Waals surface area contributed by atoms with Gasteiger partial charge in [0.25, 0.3) is 17.3 Å². The number of benzene rings is 3. The zero-order valence-electron chi connectivity index (χ0n) is 16.5. The standard InChI is InChI=1S/C22H20N2O6Si/c25-23(26)20-12-6-4-8-17(20)14-29-22(16-31-19-10-2-1-3-11-19)30-15-18-9-5-7-13-21(18)24(27)28/h1-13,16H,14-15,31H2. The Balaban J connectivity index is 1.77. The maximum atomic E-state index is 11.2. The van der Waals surface area contributed by atoms with Crippen molar-refractivity contribution in [3.63, 3.8) is 0 Å². The lowest BCUT2D eigenvalue weighted by atomic mass is 10.2. The molecule has 0 fully saturated rings. The van der Waals surface area contributed by atoms with Gasteiger partial charge in [-0.05, 0) is 17.8 Å². The van der Waals surface area contributed by atoms with Crippen LogP contribution in [-0.2, 0) is 22.7 Å². The molecule has 0 bridgehead atoms. The van der Waals surface area contributed by atoms with Gasteiger partial charge in [0, 0.05) is 12.1 Å². The highest BCUT2D eigenvalue weighted by Crippen LogP contribution is 2.22. The van der Waals surface area contributed by atoms with Crippen LogP contribution in [0.4, 0.5) is 11.4 Å². The highest BCUT2D eigenvalue weighted by molar-refractivity contribution is 6.58. The Morgan fingerprint density at radius 2 is 1.19 bits per heavy atom. The Morgan fingerprint density at radius 1 is 0.742 bits per heavy atom. The van der Waals surface area contributed by atoms with Gasteiger partial charge in [-0.25, -0.2) is 0 Å². The van der Waals surface area contributed by atoms with E-state index in [9.17, 15) is 20.2 Å². The van der Waals surface area contributed by atoms with Crippen molar-refractivity contribution in [3.8, 4) is 0 Å². The maximum Gasteiger partial charge on any atom is 0.276 e. The summed E-state index contributed by atoms with van der Waals surface area (Å²) in [7, 11) is -0.890. The normalized spacial score (nSPS) is 10.6. The summed E-state index contributed by atoms with van der Waals surface area (Å²) in [6.45, 7) is -0.105. The third kappa shape index (κ3) is 6.25. The second kappa shape index (κ2) is 10.7. The molecule has 158 valence electrons. The molecule has 0 aliphatic carbocycles. The average molecular weight is 436 g/mol. The smallest absolute Gasteiger partial charge is 0.276 e. The Morgan fingerprint density at radius 3 is 1.68 bits per heavy atom. The van der Waals surface area contributed by atoms with E-state index in [1.165, 1.54) is 12.1 Å². The Kier molecular flexibility index (Phi) is 7.49. The molecule has 0 aliphatic rings. The van der Waals surface area contributed by atoms with E-state index in [1.807, 2.05) is 36.0 Å². The van der Waals surface area contributed by atoms with Crippen LogP contribution < -0.4 is 5.19 Å². The van der Waals surface area contributed by atoms with Crippen LogP contribution in [0.2, 0.25) is 0 Å². The first kappa shape index (κ1) is 21.7. The number of para-hydroxylation sites is 2. The van der Waals surface area contributed by atoms with Crippen molar-refractivity contribution in [2.24, 2.45) is 0 Å². The lowest BCUT2D eigenvalue weighted by Crippen LogP contribution is -2.13. The number of nitrogens with zero attached hydrogens (tertiary/aromatic N) is 2. The number of hydrogen-bond acceptors (Lipinski definition) is 6. The molecular weight excluding hydrogens is 416 g/mol. The predicted octanol–water partition coefficient (Wildman–Crippen LogP) is 3.53. The lowest BCUT2D eigenvalue weighted by molar-refractivity contribution is -0.386. The van der Waals surface area contributed by atoms with Crippen LogP contribution in [0.5, 0.6) is 0 Å². The number of hydrogen-bond donors (Lipinski definition) is 0. The van der Waals surface area contributed by atoms with Gasteiger partial charge in [-0.3, -0.25) is 20.2 Å². The van der Waals surface area contributed by atoms with E-state index >= 15 is 0 Å². The minimum atomic E-state index is -0.890. The number of ether oxygens (including phenoxy) is 2. The molecule has 3 aromatic rings. The fourth-order valence-electron chi connectivity index (χ4n) is 2.89. The van der Waals surface area contributed by atoms with Crippen molar-refractivity contribution < 1.29 is 19.3 Å². The SMILES string of the molecule is O=[N+]([O-])c1ccccc1COC(=C[SiH2]c1ccccc1)OCc1ccccc1[N+](=O)[O-]. The fraction of sp³-hybridized carbons (Fsp3) is 0.0909. The second-order valence-corrected chi connectivity index (χ2v) is 8.19. The molecule has 0 heterocycles. The quantitative estimate of drug-likeness (QED) is 0.208. The van der Waals surface area contributed by atoms with Crippen molar-refractivity contribution in [2.45, 2.75) is 13.2 Å². The molecule has 3 aromatic carbocycles. The minimum absolute atomic E-state index is 0.0409. The van der Waals surface area contributed by atoms with Gasteiger partial charge in [0.2, 0.25) is 0 Å². The summed E-state index contributed by atoms with van der Waals surface area (Å²) in [4.78, 5) is 21.5. The zero-order chi connectivity index (χ0) is 22.1. The third-order valence-corrected chi connectivity index (χ3v) is 5.94. The van der Waals surface area contributed by atoms with Crippen LogP contribution >= 0.6 is 0 Å². The van der Waals surface area contributed by atoms with E-state index < -0.39 is 19.4 Å². The van der Waals surface area contributed by atoms with E-state index in [0.29, 0.717) is 11.1 Å². The molecule has 0 amide bonds. The van der Waals surface area contributed by atoms with Gasteiger partial charge in [0.05, 0.1) is 30.5 Å². The van der Waals surface area contributed by atoms with Gasteiger partial charge < -0.3 is 9.47 Å². The Hall–Kier alpha value is -3.98.